The molecular formula is C18H20FNO3. The smallest absolute Gasteiger partial charge is 0.223 e. The minimum atomic E-state index is -1.26. The van der Waals surface area contributed by atoms with Crippen LogP contribution in [0, 0.1) is 5.82 Å². The molecule has 0 aliphatic heterocycles. The van der Waals surface area contributed by atoms with Crippen LogP contribution in [0.1, 0.15) is 24.5 Å². The number of carbonyl (C=O) groups excluding carboxylic acids is 1. The zero-order chi connectivity index (χ0) is 16.9. The molecule has 2 aromatic rings. The van der Waals surface area contributed by atoms with Crippen molar-refractivity contribution in [3.63, 3.8) is 0 Å². The Morgan fingerprint density at radius 2 is 1.96 bits per heavy atom. The molecule has 0 fully saturated rings. The number of aliphatic hydroxyl groups is 1. The van der Waals surface area contributed by atoms with E-state index in [9.17, 15) is 14.3 Å². The predicted molar refractivity (Wildman–Crippen MR) is 85.4 cm³/mol. The van der Waals surface area contributed by atoms with Crippen LogP contribution in [0.15, 0.2) is 48.5 Å². The summed E-state index contributed by atoms with van der Waals surface area (Å²) in [6, 6.07) is 13.2. The summed E-state index contributed by atoms with van der Waals surface area (Å²) in [5.74, 6) is -0.350. The van der Waals surface area contributed by atoms with Gasteiger partial charge in [0.05, 0.1) is 19.1 Å². The Morgan fingerprint density at radius 1 is 1.26 bits per heavy atom. The fourth-order valence-corrected chi connectivity index (χ4v) is 2.32. The second-order valence-electron chi connectivity index (χ2n) is 5.59. The molecule has 23 heavy (non-hydrogen) atoms. The highest BCUT2D eigenvalue weighted by atomic mass is 19.1. The molecule has 0 spiro atoms. The molecule has 0 aliphatic rings. The Balaban J connectivity index is 1.96. The van der Waals surface area contributed by atoms with Crippen LogP contribution in [0.2, 0.25) is 0 Å². The van der Waals surface area contributed by atoms with Crippen molar-refractivity contribution < 1.29 is 19.0 Å². The number of benzene rings is 2. The van der Waals surface area contributed by atoms with Crippen LogP contribution in [0.3, 0.4) is 0 Å². The largest absolute Gasteiger partial charge is 0.497 e. The Bertz CT molecular complexity index is 671. The van der Waals surface area contributed by atoms with E-state index in [1.54, 1.807) is 37.3 Å². The third-order valence-corrected chi connectivity index (χ3v) is 3.56. The average molecular weight is 317 g/mol. The van der Waals surface area contributed by atoms with Gasteiger partial charge in [0.2, 0.25) is 5.91 Å². The second kappa shape index (κ2) is 7.24. The zero-order valence-corrected chi connectivity index (χ0v) is 13.2. The molecule has 122 valence electrons. The van der Waals surface area contributed by atoms with Crippen molar-refractivity contribution >= 4 is 5.91 Å². The van der Waals surface area contributed by atoms with Crippen molar-refractivity contribution in [3.05, 3.63) is 65.5 Å². The lowest BCUT2D eigenvalue weighted by Crippen LogP contribution is -2.32. The number of amides is 1. The maximum Gasteiger partial charge on any atom is 0.223 e. The maximum absolute atomic E-state index is 13.4. The SMILES string of the molecule is COc1cc(F)cc(CNC(=O)CC(C)(O)c2ccccc2)c1. The van der Waals surface area contributed by atoms with Gasteiger partial charge in [-0.15, -0.1) is 0 Å². The molecule has 1 unspecified atom stereocenters. The monoisotopic (exact) mass is 317 g/mol. The Kier molecular flexibility index (Phi) is 5.34. The molecule has 1 atom stereocenters. The summed E-state index contributed by atoms with van der Waals surface area (Å²) in [5, 5.41) is 13.1. The lowest BCUT2D eigenvalue weighted by Gasteiger charge is -2.23. The average Bonchev–Trinajstić information content (AvgIpc) is 2.53. The van der Waals surface area contributed by atoms with Crippen LogP contribution in [0.5, 0.6) is 5.75 Å². The number of halogens is 1. The summed E-state index contributed by atoms with van der Waals surface area (Å²) in [7, 11) is 1.45. The summed E-state index contributed by atoms with van der Waals surface area (Å²) in [5.41, 5.74) is 0.00227. The minimum Gasteiger partial charge on any atom is -0.497 e. The van der Waals surface area contributed by atoms with Gasteiger partial charge in [0.15, 0.2) is 0 Å². The molecule has 0 bridgehead atoms. The van der Waals surface area contributed by atoms with Crippen LogP contribution in [0.25, 0.3) is 0 Å². The van der Waals surface area contributed by atoms with Crippen LogP contribution in [-0.4, -0.2) is 18.1 Å². The lowest BCUT2D eigenvalue weighted by atomic mass is 9.92. The number of hydrogen-bond donors (Lipinski definition) is 2. The Labute approximate surface area is 134 Å². The molecule has 2 N–H and O–H groups in total. The number of carbonyl (C=O) groups is 1. The van der Waals surface area contributed by atoms with Crippen LogP contribution >= 0.6 is 0 Å². The van der Waals surface area contributed by atoms with Gasteiger partial charge in [0.1, 0.15) is 11.6 Å². The summed E-state index contributed by atoms with van der Waals surface area (Å²) in [6.07, 6.45) is -0.0799. The topological polar surface area (TPSA) is 58.6 Å². The number of ether oxygens (including phenoxy) is 1. The molecule has 2 aromatic carbocycles. The first-order valence-corrected chi connectivity index (χ1v) is 7.29. The van der Waals surface area contributed by atoms with Crippen molar-refractivity contribution in [1.82, 2.24) is 5.32 Å². The minimum absolute atomic E-state index is 0.0799. The van der Waals surface area contributed by atoms with E-state index in [0.29, 0.717) is 16.9 Å². The van der Waals surface area contributed by atoms with Gasteiger partial charge in [0, 0.05) is 12.6 Å². The molecule has 0 saturated carbocycles. The first-order valence-electron chi connectivity index (χ1n) is 7.29. The summed E-state index contributed by atoms with van der Waals surface area (Å²) in [6.45, 7) is 1.75. The molecule has 0 aromatic heterocycles. The number of rotatable bonds is 6. The normalized spacial score (nSPS) is 13.2. The molecule has 0 aliphatic carbocycles. The van der Waals surface area contributed by atoms with Gasteiger partial charge in [-0.1, -0.05) is 30.3 Å². The first-order chi connectivity index (χ1) is 10.9. The van der Waals surface area contributed by atoms with Crippen molar-refractivity contribution in [2.75, 3.05) is 7.11 Å². The molecule has 1 amide bonds. The second-order valence-corrected chi connectivity index (χ2v) is 5.59. The third kappa shape index (κ3) is 4.79. The third-order valence-electron chi connectivity index (χ3n) is 3.56. The number of nitrogens with one attached hydrogen (secondary N) is 1. The Hall–Kier alpha value is -2.40. The molecule has 0 saturated heterocycles. The van der Waals surface area contributed by atoms with E-state index in [4.69, 9.17) is 4.74 Å². The summed E-state index contributed by atoms with van der Waals surface area (Å²) < 4.78 is 18.4. The molecule has 2 rings (SSSR count). The number of methoxy groups -OCH3 is 1. The summed E-state index contributed by atoms with van der Waals surface area (Å²) >= 11 is 0. The van der Waals surface area contributed by atoms with Crippen molar-refractivity contribution in [2.45, 2.75) is 25.5 Å². The zero-order valence-electron chi connectivity index (χ0n) is 13.2. The van der Waals surface area contributed by atoms with Gasteiger partial charge in [0.25, 0.3) is 0 Å². The number of hydrogen-bond acceptors (Lipinski definition) is 3. The van der Waals surface area contributed by atoms with Gasteiger partial charge in [-0.2, -0.15) is 0 Å². The van der Waals surface area contributed by atoms with Gasteiger partial charge in [-0.25, -0.2) is 4.39 Å². The van der Waals surface area contributed by atoms with E-state index < -0.39 is 11.4 Å². The van der Waals surface area contributed by atoms with E-state index >= 15 is 0 Å². The van der Waals surface area contributed by atoms with Gasteiger partial charge < -0.3 is 15.2 Å². The van der Waals surface area contributed by atoms with Gasteiger partial charge in [-0.3, -0.25) is 4.79 Å². The van der Waals surface area contributed by atoms with Crippen molar-refractivity contribution in [3.8, 4) is 5.75 Å². The lowest BCUT2D eigenvalue weighted by molar-refractivity contribution is -0.126. The van der Waals surface area contributed by atoms with E-state index in [-0.39, 0.29) is 18.9 Å². The standard InChI is InChI=1S/C18H20FNO3/c1-18(22,14-6-4-3-5-7-14)11-17(21)20-12-13-8-15(19)10-16(9-13)23-2/h3-10,22H,11-12H2,1-2H3,(H,20,21). The van der Waals surface area contributed by atoms with Crippen LogP contribution in [0.4, 0.5) is 4.39 Å². The van der Waals surface area contributed by atoms with Crippen molar-refractivity contribution in [1.29, 1.82) is 0 Å². The highest BCUT2D eigenvalue weighted by Crippen LogP contribution is 2.24. The maximum atomic E-state index is 13.4. The van der Waals surface area contributed by atoms with E-state index in [2.05, 4.69) is 5.32 Å². The first kappa shape index (κ1) is 17.0. The fourth-order valence-electron chi connectivity index (χ4n) is 2.32. The molecule has 5 heteroatoms. The van der Waals surface area contributed by atoms with E-state index in [1.807, 2.05) is 6.07 Å². The highest BCUT2D eigenvalue weighted by Gasteiger charge is 2.26. The highest BCUT2D eigenvalue weighted by molar-refractivity contribution is 5.77. The quantitative estimate of drug-likeness (QED) is 0.861. The van der Waals surface area contributed by atoms with Gasteiger partial charge in [-0.05, 0) is 30.2 Å². The molecule has 4 nitrogen and oxygen atoms in total. The summed E-state index contributed by atoms with van der Waals surface area (Å²) in [4.78, 5) is 12.0. The van der Waals surface area contributed by atoms with Crippen molar-refractivity contribution in [2.24, 2.45) is 0 Å². The fraction of sp³-hybridized carbons (Fsp3) is 0.278. The van der Waals surface area contributed by atoms with E-state index in [1.165, 1.54) is 19.2 Å². The predicted octanol–water partition coefficient (Wildman–Crippen LogP) is 2.75. The van der Waals surface area contributed by atoms with E-state index in [0.717, 1.165) is 0 Å². The Morgan fingerprint density at radius 3 is 2.61 bits per heavy atom. The molecule has 0 radical (unpaired) electrons. The van der Waals surface area contributed by atoms with Gasteiger partial charge >= 0.3 is 0 Å². The van der Waals surface area contributed by atoms with Crippen LogP contribution in [-0.2, 0) is 16.9 Å². The van der Waals surface area contributed by atoms with Crippen LogP contribution < -0.4 is 10.1 Å². The molecule has 0 heterocycles. The molecular weight excluding hydrogens is 297 g/mol.